The highest BCUT2D eigenvalue weighted by molar-refractivity contribution is 7.89. The van der Waals surface area contributed by atoms with Crippen LogP contribution in [0.5, 0.6) is 0 Å². The Labute approximate surface area is 117 Å². The largest absolute Gasteiger partial charge is 0.314 e. The molecule has 1 saturated heterocycles. The van der Waals surface area contributed by atoms with Gasteiger partial charge in [0.25, 0.3) is 0 Å². The van der Waals surface area contributed by atoms with Crippen molar-refractivity contribution in [2.24, 2.45) is 0 Å². The summed E-state index contributed by atoms with van der Waals surface area (Å²) in [6.07, 6.45) is 0. The highest BCUT2D eigenvalue weighted by atomic mass is 32.2. The Hall–Kier alpha value is -0.210. The Balaban J connectivity index is 2.19. The molecule has 0 bridgehead atoms. The fraction of sp³-hybridized carbons (Fsp3) is 1.00. The third-order valence-electron chi connectivity index (χ3n) is 3.53. The third-order valence-corrected chi connectivity index (χ3v) is 4.89. The average Bonchev–Trinajstić information content (AvgIpc) is 2.43. The molecule has 0 saturated carbocycles. The van der Waals surface area contributed by atoms with E-state index in [0.717, 1.165) is 45.8 Å². The SMILES string of the molecule is CCN(CC)CCNS(=O)(=O)CCN1CCNCC1. The Bertz CT molecular complexity index is 325. The second-order valence-electron chi connectivity index (χ2n) is 4.83. The Kier molecular flexibility index (Phi) is 7.86. The first-order chi connectivity index (χ1) is 9.07. The zero-order valence-electron chi connectivity index (χ0n) is 12.2. The van der Waals surface area contributed by atoms with Gasteiger partial charge in [-0.3, -0.25) is 4.90 Å². The molecule has 7 heteroatoms. The smallest absolute Gasteiger partial charge is 0.212 e. The lowest BCUT2D eigenvalue weighted by molar-refractivity contribution is 0.253. The number of sulfonamides is 1. The van der Waals surface area contributed by atoms with Crippen LogP contribution in [0.3, 0.4) is 0 Å². The van der Waals surface area contributed by atoms with Gasteiger partial charge < -0.3 is 10.2 Å². The normalized spacial score (nSPS) is 18.1. The summed E-state index contributed by atoms with van der Waals surface area (Å²) in [6.45, 7) is 11.8. The van der Waals surface area contributed by atoms with E-state index in [0.29, 0.717) is 13.1 Å². The quantitative estimate of drug-likeness (QED) is 0.580. The van der Waals surface area contributed by atoms with E-state index >= 15 is 0 Å². The van der Waals surface area contributed by atoms with Crippen molar-refractivity contribution in [2.45, 2.75) is 13.8 Å². The van der Waals surface area contributed by atoms with E-state index in [-0.39, 0.29) is 5.75 Å². The number of rotatable bonds is 9. The van der Waals surface area contributed by atoms with Gasteiger partial charge in [-0.1, -0.05) is 13.8 Å². The average molecular weight is 292 g/mol. The lowest BCUT2D eigenvalue weighted by Crippen LogP contribution is -2.46. The standard InChI is InChI=1S/C12H28N4O2S/c1-3-15(4-2)10-7-14-19(17,18)12-11-16-8-5-13-6-9-16/h13-14H,3-12H2,1-2H3. The number of likely N-dealkylation sites (N-methyl/N-ethyl adjacent to an activating group) is 1. The van der Waals surface area contributed by atoms with Crippen molar-refractivity contribution in [2.75, 3.05) is 64.7 Å². The highest BCUT2D eigenvalue weighted by Crippen LogP contribution is 1.94. The molecule has 0 aromatic carbocycles. The van der Waals surface area contributed by atoms with Crippen LogP contribution in [0, 0.1) is 0 Å². The molecule has 0 aromatic heterocycles. The van der Waals surface area contributed by atoms with Crippen LogP contribution in [0.15, 0.2) is 0 Å². The van der Waals surface area contributed by atoms with Gasteiger partial charge in [-0.25, -0.2) is 13.1 Å². The predicted molar refractivity (Wildman–Crippen MR) is 78.9 cm³/mol. The fourth-order valence-electron chi connectivity index (χ4n) is 2.16. The molecular weight excluding hydrogens is 264 g/mol. The van der Waals surface area contributed by atoms with E-state index in [9.17, 15) is 8.42 Å². The Morgan fingerprint density at radius 2 is 1.84 bits per heavy atom. The molecule has 1 aliphatic rings. The van der Waals surface area contributed by atoms with Gasteiger partial charge in [0, 0.05) is 45.8 Å². The van der Waals surface area contributed by atoms with Crippen LogP contribution in [0.4, 0.5) is 0 Å². The lowest BCUT2D eigenvalue weighted by Gasteiger charge is -2.27. The van der Waals surface area contributed by atoms with Crippen molar-refractivity contribution in [1.29, 1.82) is 0 Å². The summed E-state index contributed by atoms with van der Waals surface area (Å²) in [7, 11) is -3.13. The molecule has 0 unspecified atom stereocenters. The summed E-state index contributed by atoms with van der Waals surface area (Å²) in [5.41, 5.74) is 0. The summed E-state index contributed by atoms with van der Waals surface area (Å²) in [5.74, 6) is 0.200. The zero-order chi connectivity index (χ0) is 14.1. The molecule has 0 aliphatic carbocycles. The summed E-state index contributed by atoms with van der Waals surface area (Å²) in [5, 5.41) is 3.26. The van der Waals surface area contributed by atoms with Crippen LogP contribution in [-0.2, 0) is 10.0 Å². The predicted octanol–water partition coefficient (Wildman–Crippen LogP) is -0.847. The second kappa shape index (κ2) is 8.86. The number of piperazine rings is 1. The van der Waals surface area contributed by atoms with E-state index in [1.165, 1.54) is 0 Å². The van der Waals surface area contributed by atoms with E-state index in [4.69, 9.17) is 0 Å². The molecule has 0 amide bonds. The molecule has 0 aromatic rings. The van der Waals surface area contributed by atoms with E-state index in [1.54, 1.807) is 0 Å². The van der Waals surface area contributed by atoms with Crippen LogP contribution in [0.25, 0.3) is 0 Å². The summed E-state index contributed by atoms with van der Waals surface area (Å²) in [6, 6.07) is 0. The molecular formula is C12H28N4O2S. The minimum absolute atomic E-state index is 0.200. The maximum Gasteiger partial charge on any atom is 0.212 e. The van der Waals surface area contributed by atoms with Crippen molar-refractivity contribution in [1.82, 2.24) is 19.8 Å². The van der Waals surface area contributed by atoms with E-state index in [2.05, 4.69) is 33.7 Å². The van der Waals surface area contributed by atoms with Gasteiger partial charge in [-0.05, 0) is 13.1 Å². The topological polar surface area (TPSA) is 64.7 Å². The molecule has 2 N–H and O–H groups in total. The number of hydrogen-bond donors (Lipinski definition) is 2. The second-order valence-corrected chi connectivity index (χ2v) is 6.76. The van der Waals surface area contributed by atoms with Gasteiger partial charge in [0.1, 0.15) is 0 Å². The molecule has 1 rings (SSSR count). The zero-order valence-corrected chi connectivity index (χ0v) is 13.0. The molecule has 6 nitrogen and oxygen atoms in total. The van der Waals surface area contributed by atoms with E-state index < -0.39 is 10.0 Å². The van der Waals surface area contributed by atoms with Crippen LogP contribution in [0.1, 0.15) is 13.8 Å². The van der Waals surface area contributed by atoms with Crippen molar-refractivity contribution in [3.05, 3.63) is 0 Å². The first-order valence-corrected chi connectivity index (χ1v) is 8.85. The molecule has 1 aliphatic heterocycles. The van der Waals surface area contributed by atoms with Crippen LogP contribution in [-0.4, -0.2) is 82.9 Å². The maximum absolute atomic E-state index is 11.9. The van der Waals surface area contributed by atoms with Gasteiger partial charge in [0.15, 0.2) is 0 Å². The van der Waals surface area contributed by atoms with E-state index in [1.807, 2.05) is 0 Å². The van der Waals surface area contributed by atoms with Crippen LogP contribution < -0.4 is 10.0 Å². The first kappa shape index (κ1) is 16.8. The Morgan fingerprint density at radius 3 is 2.42 bits per heavy atom. The van der Waals surface area contributed by atoms with Crippen LogP contribution >= 0.6 is 0 Å². The third kappa shape index (κ3) is 7.22. The minimum atomic E-state index is -3.13. The maximum atomic E-state index is 11.9. The van der Waals surface area contributed by atoms with Gasteiger partial charge in [-0.15, -0.1) is 0 Å². The van der Waals surface area contributed by atoms with Crippen molar-refractivity contribution >= 4 is 10.0 Å². The van der Waals surface area contributed by atoms with Gasteiger partial charge in [0.05, 0.1) is 5.75 Å². The molecule has 0 radical (unpaired) electrons. The number of nitrogens with one attached hydrogen (secondary N) is 2. The Morgan fingerprint density at radius 1 is 1.21 bits per heavy atom. The van der Waals surface area contributed by atoms with Gasteiger partial charge in [0.2, 0.25) is 10.0 Å². The molecule has 19 heavy (non-hydrogen) atoms. The minimum Gasteiger partial charge on any atom is -0.314 e. The molecule has 0 spiro atoms. The van der Waals surface area contributed by atoms with Crippen LogP contribution in [0.2, 0.25) is 0 Å². The first-order valence-electron chi connectivity index (χ1n) is 7.20. The summed E-state index contributed by atoms with van der Waals surface area (Å²) < 4.78 is 26.4. The van der Waals surface area contributed by atoms with Crippen molar-refractivity contribution in [3.8, 4) is 0 Å². The highest BCUT2D eigenvalue weighted by Gasteiger charge is 2.15. The molecule has 0 atom stereocenters. The molecule has 114 valence electrons. The number of nitrogens with zero attached hydrogens (tertiary/aromatic N) is 2. The summed E-state index contributed by atoms with van der Waals surface area (Å²) in [4.78, 5) is 4.40. The van der Waals surface area contributed by atoms with Crippen molar-refractivity contribution in [3.63, 3.8) is 0 Å². The fourth-order valence-corrected chi connectivity index (χ4v) is 3.20. The van der Waals surface area contributed by atoms with Gasteiger partial charge >= 0.3 is 0 Å². The number of hydrogen-bond acceptors (Lipinski definition) is 5. The lowest BCUT2D eigenvalue weighted by atomic mass is 10.4. The van der Waals surface area contributed by atoms with Crippen molar-refractivity contribution < 1.29 is 8.42 Å². The summed E-state index contributed by atoms with van der Waals surface area (Å²) >= 11 is 0. The van der Waals surface area contributed by atoms with Gasteiger partial charge in [-0.2, -0.15) is 0 Å². The molecule has 1 heterocycles. The monoisotopic (exact) mass is 292 g/mol. The molecule has 1 fully saturated rings.